The number of phenolic OH excluding ortho intramolecular Hbond substituents is 1. The Balaban J connectivity index is 2.29. The van der Waals surface area contributed by atoms with Crippen LogP contribution in [0.3, 0.4) is 0 Å². The number of hydrogen-bond acceptors (Lipinski definition) is 2. The number of fused-ring (bicyclic) bond motifs is 1. The predicted octanol–water partition coefficient (Wildman–Crippen LogP) is 3.59. The number of aromatic nitrogens is 2. The second kappa shape index (κ2) is 3.79. The molecule has 0 spiro atoms. The zero-order chi connectivity index (χ0) is 11.8. The first-order chi connectivity index (χ1) is 8.25. The van der Waals surface area contributed by atoms with Gasteiger partial charge >= 0.3 is 0 Å². The molecule has 17 heavy (non-hydrogen) atoms. The number of benzene rings is 2. The van der Waals surface area contributed by atoms with Crippen molar-refractivity contribution in [3.63, 3.8) is 0 Å². The van der Waals surface area contributed by atoms with Gasteiger partial charge in [-0.1, -0.05) is 29.8 Å². The minimum atomic E-state index is 0.215. The van der Waals surface area contributed by atoms with E-state index in [1.54, 1.807) is 12.1 Å². The van der Waals surface area contributed by atoms with E-state index in [4.69, 9.17) is 11.6 Å². The van der Waals surface area contributed by atoms with Crippen molar-refractivity contribution in [3.8, 4) is 17.0 Å². The Kier molecular flexibility index (Phi) is 2.27. The fourth-order valence-electron chi connectivity index (χ4n) is 1.87. The largest absolute Gasteiger partial charge is 0.508 e. The van der Waals surface area contributed by atoms with E-state index < -0.39 is 0 Å². The molecule has 4 heteroatoms. The van der Waals surface area contributed by atoms with Crippen LogP contribution >= 0.6 is 11.6 Å². The Morgan fingerprint density at radius 2 is 1.94 bits per heavy atom. The average molecular weight is 245 g/mol. The second-order valence-electron chi connectivity index (χ2n) is 3.78. The Morgan fingerprint density at radius 1 is 1.12 bits per heavy atom. The summed E-state index contributed by atoms with van der Waals surface area (Å²) in [7, 11) is 0. The van der Waals surface area contributed by atoms with Gasteiger partial charge in [-0.2, -0.15) is 5.10 Å². The molecule has 0 aliphatic rings. The predicted molar refractivity (Wildman–Crippen MR) is 68.2 cm³/mol. The maximum atomic E-state index is 9.39. The zero-order valence-corrected chi connectivity index (χ0v) is 9.57. The summed E-state index contributed by atoms with van der Waals surface area (Å²) in [4.78, 5) is 0. The van der Waals surface area contributed by atoms with Crippen LogP contribution in [0.25, 0.3) is 22.2 Å². The van der Waals surface area contributed by atoms with Crippen LogP contribution in [-0.4, -0.2) is 15.3 Å². The molecule has 0 saturated heterocycles. The summed E-state index contributed by atoms with van der Waals surface area (Å²) in [5.41, 5.74) is 2.47. The first kappa shape index (κ1) is 10.2. The van der Waals surface area contributed by atoms with Gasteiger partial charge in [0.15, 0.2) is 0 Å². The molecular weight excluding hydrogens is 236 g/mol. The normalized spacial score (nSPS) is 10.9. The molecular formula is C13H9ClN2O. The van der Waals surface area contributed by atoms with Crippen molar-refractivity contribution in [1.82, 2.24) is 10.2 Å². The highest BCUT2D eigenvalue weighted by Crippen LogP contribution is 2.32. The number of H-pyrrole nitrogens is 1. The molecule has 3 rings (SSSR count). The monoisotopic (exact) mass is 244 g/mol. The summed E-state index contributed by atoms with van der Waals surface area (Å²) < 4.78 is 0. The maximum absolute atomic E-state index is 9.39. The summed E-state index contributed by atoms with van der Waals surface area (Å²) >= 11 is 6.14. The Morgan fingerprint density at radius 3 is 2.76 bits per heavy atom. The van der Waals surface area contributed by atoms with Gasteiger partial charge < -0.3 is 5.11 Å². The van der Waals surface area contributed by atoms with Crippen LogP contribution in [0, 0.1) is 0 Å². The van der Waals surface area contributed by atoms with Crippen LogP contribution < -0.4 is 0 Å². The molecule has 0 saturated carbocycles. The van der Waals surface area contributed by atoms with Crippen molar-refractivity contribution in [1.29, 1.82) is 0 Å². The molecule has 84 valence electrons. The number of hydrogen-bond donors (Lipinski definition) is 2. The lowest BCUT2D eigenvalue weighted by molar-refractivity contribution is 0.476. The Bertz CT molecular complexity index is 691. The lowest BCUT2D eigenvalue weighted by Gasteiger charge is -2.00. The fraction of sp³-hybridized carbons (Fsp3) is 0. The van der Waals surface area contributed by atoms with E-state index in [-0.39, 0.29) is 5.75 Å². The Labute approximate surface area is 103 Å². The van der Waals surface area contributed by atoms with Crippen molar-refractivity contribution < 1.29 is 5.11 Å². The van der Waals surface area contributed by atoms with Gasteiger partial charge in [-0.25, -0.2) is 0 Å². The van der Waals surface area contributed by atoms with E-state index in [0.29, 0.717) is 5.02 Å². The smallest absolute Gasteiger partial charge is 0.117 e. The Hall–Kier alpha value is -2.00. The van der Waals surface area contributed by atoms with Crippen LogP contribution in [0.4, 0.5) is 0 Å². The molecule has 1 aromatic heterocycles. The van der Waals surface area contributed by atoms with Crippen molar-refractivity contribution >= 4 is 22.5 Å². The molecule has 0 bridgehead atoms. The topological polar surface area (TPSA) is 48.9 Å². The highest BCUT2D eigenvalue weighted by molar-refractivity contribution is 6.33. The van der Waals surface area contributed by atoms with Crippen molar-refractivity contribution in [3.05, 3.63) is 47.5 Å². The van der Waals surface area contributed by atoms with Crippen LogP contribution in [0.2, 0.25) is 5.02 Å². The summed E-state index contributed by atoms with van der Waals surface area (Å²) in [6.45, 7) is 0. The molecule has 3 aromatic rings. The highest BCUT2D eigenvalue weighted by Gasteiger charge is 2.10. The van der Waals surface area contributed by atoms with Gasteiger partial charge in [0.1, 0.15) is 11.4 Å². The van der Waals surface area contributed by atoms with Crippen molar-refractivity contribution in [2.24, 2.45) is 0 Å². The minimum absolute atomic E-state index is 0.215. The molecule has 3 nitrogen and oxygen atoms in total. The summed E-state index contributed by atoms with van der Waals surface area (Å²) in [5, 5.41) is 18.1. The lowest BCUT2D eigenvalue weighted by atomic mass is 10.1. The molecule has 2 N–H and O–H groups in total. The standard InChI is InChI=1S/C13H9ClN2O/c14-11-4-2-1-3-9(11)13-10-6-5-8(17)7-12(10)15-16-13/h1-7,17H,(H,15,16). The number of aromatic hydroxyl groups is 1. The minimum Gasteiger partial charge on any atom is -0.508 e. The van der Waals surface area contributed by atoms with E-state index >= 15 is 0 Å². The number of nitrogens with one attached hydrogen (secondary N) is 1. The molecule has 2 aromatic carbocycles. The van der Waals surface area contributed by atoms with Crippen LogP contribution in [-0.2, 0) is 0 Å². The summed E-state index contributed by atoms with van der Waals surface area (Å²) in [6, 6.07) is 12.7. The molecule has 0 aliphatic carbocycles. The molecule has 0 atom stereocenters. The molecule has 0 fully saturated rings. The van der Waals surface area contributed by atoms with Gasteiger partial charge in [-0.15, -0.1) is 0 Å². The number of aromatic amines is 1. The van der Waals surface area contributed by atoms with Gasteiger partial charge in [0, 0.05) is 17.0 Å². The fourth-order valence-corrected chi connectivity index (χ4v) is 2.09. The zero-order valence-electron chi connectivity index (χ0n) is 8.81. The van der Waals surface area contributed by atoms with Crippen molar-refractivity contribution in [2.45, 2.75) is 0 Å². The van der Waals surface area contributed by atoms with Crippen LogP contribution in [0.1, 0.15) is 0 Å². The third-order valence-electron chi connectivity index (χ3n) is 2.68. The third kappa shape index (κ3) is 1.65. The van der Waals surface area contributed by atoms with E-state index in [9.17, 15) is 5.11 Å². The highest BCUT2D eigenvalue weighted by atomic mass is 35.5. The van der Waals surface area contributed by atoms with Gasteiger partial charge in [0.2, 0.25) is 0 Å². The maximum Gasteiger partial charge on any atom is 0.117 e. The van der Waals surface area contributed by atoms with E-state index in [1.165, 1.54) is 0 Å². The van der Waals surface area contributed by atoms with E-state index in [2.05, 4.69) is 10.2 Å². The second-order valence-corrected chi connectivity index (χ2v) is 4.19. The molecule has 1 heterocycles. The molecule has 0 aliphatic heterocycles. The quantitative estimate of drug-likeness (QED) is 0.687. The van der Waals surface area contributed by atoms with Crippen LogP contribution in [0.15, 0.2) is 42.5 Å². The van der Waals surface area contributed by atoms with E-state index in [0.717, 1.165) is 22.2 Å². The van der Waals surface area contributed by atoms with Gasteiger partial charge in [-0.3, -0.25) is 5.10 Å². The van der Waals surface area contributed by atoms with Crippen LogP contribution in [0.5, 0.6) is 5.75 Å². The first-order valence-corrected chi connectivity index (χ1v) is 5.55. The number of phenols is 1. The van der Waals surface area contributed by atoms with E-state index in [1.807, 2.05) is 30.3 Å². The number of halogens is 1. The molecule has 0 unspecified atom stereocenters. The third-order valence-corrected chi connectivity index (χ3v) is 3.00. The van der Waals surface area contributed by atoms with Gasteiger partial charge in [-0.05, 0) is 18.2 Å². The molecule has 0 radical (unpaired) electrons. The first-order valence-electron chi connectivity index (χ1n) is 5.18. The lowest BCUT2D eigenvalue weighted by Crippen LogP contribution is -1.79. The molecule has 0 amide bonds. The SMILES string of the molecule is Oc1ccc2c(-c3ccccc3Cl)n[nH]c2c1. The number of nitrogens with zero attached hydrogens (tertiary/aromatic N) is 1. The average Bonchev–Trinajstić information content (AvgIpc) is 2.72. The van der Waals surface area contributed by atoms with Gasteiger partial charge in [0.25, 0.3) is 0 Å². The summed E-state index contributed by atoms with van der Waals surface area (Å²) in [6.07, 6.45) is 0. The van der Waals surface area contributed by atoms with Gasteiger partial charge in [0.05, 0.1) is 10.5 Å². The summed E-state index contributed by atoms with van der Waals surface area (Å²) in [5.74, 6) is 0.215. The van der Waals surface area contributed by atoms with Crippen molar-refractivity contribution in [2.75, 3.05) is 0 Å². The number of rotatable bonds is 1.